The third-order valence-electron chi connectivity index (χ3n) is 2.66. The molecule has 0 saturated heterocycles. The van der Waals surface area contributed by atoms with E-state index in [1.807, 2.05) is 0 Å². The molecule has 0 radical (unpaired) electrons. The van der Waals surface area contributed by atoms with Crippen molar-refractivity contribution in [1.82, 2.24) is 14.9 Å². The lowest BCUT2D eigenvalue weighted by molar-refractivity contribution is -0.146. The molecule has 0 saturated carbocycles. The van der Waals surface area contributed by atoms with Gasteiger partial charge in [-0.1, -0.05) is 33.8 Å². The number of carbonyl (C=O) groups excluding carboxylic acids is 1. The van der Waals surface area contributed by atoms with Crippen molar-refractivity contribution in [3.63, 3.8) is 0 Å². The van der Waals surface area contributed by atoms with E-state index in [1.54, 1.807) is 24.3 Å². The Labute approximate surface area is 141 Å². The molecule has 0 aliphatic rings. The van der Waals surface area contributed by atoms with Crippen LogP contribution in [0.2, 0.25) is 0 Å². The van der Waals surface area contributed by atoms with Crippen LogP contribution < -0.4 is 11.2 Å². The summed E-state index contributed by atoms with van der Waals surface area (Å²) in [6.07, 6.45) is -4.71. The number of carbonyl (C=O) groups is 1. The van der Waals surface area contributed by atoms with Gasteiger partial charge in [-0.05, 0) is 25.1 Å². The second-order valence-corrected chi connectivity index (χ2v) is 6.66. The second kappa shape index (κ2) is 6.79. The van der Waals surface area contributed by atoms with Gasteiger partial charge in [0.2, 0.25) is 11.1 Å². The molecule has 1 amide bonds. The number of nitrogens with two attached hydrogens (primary N) is 1. The molecule has 2 rings (SSSR count). The molecule has 1 unspecified atom stereocenters. The molecule has 1 heterocycles. The lowest BCUT2D eigenvalue weighted by Gasteiger charge is -2.12. The largest absolute Gasteiger partial charge is 0.453 e. The number of nitrogen functional groups attached to an aromatic ring is 1. The van der Waals surface area contributed by atoms with Crippen molar-refractivity contribution < 1.29 is 18.0 Å². The van der Waals surface area contributed by atoms with Crippen molar-refractivity contribution in [2.45, 2.75) is 23.5 Å². The van der Waals surface area contributed by atoms with Crippen LogP contribution in [0.4, 0.5) is 18.9 Å². The molecule has 3 N–H and O–H groups in total. The average molecular weight is 410 g/mol. The smallest absolute Gasteiger partial charge is 0.335 e. The lowest BCUT2D eigenvalue weighted by atomic mass is 10.3. The summed E-state index contributed by atoms with van der Waals surface area (Å²) in [5, 5.41) is 8.10. The van der Waals surface area contributed by atoms with Crippen LogP contribution in [0.25, 0.3) is 0 Å². The number of rotatable bonds is 4. The van der Waals surface area contributed by atoms with E-state index >= 15 is 0 Å². The molecule has 0 spiro atoms. The summed E-state index contributed by atoms with van der Waals surface area (Å²) in [5.41, 5.74) is 0.557. The third kappa shape index (κ3) is 4.38. The van der Waals surface area contributed by atoms with Crippen LogP contribution in [0.15, 0.2) is 33.9 Å². The molecule has 2 aromatic rings. The topological polar surface area (TPSA) is 85.8 Å². The Bertz CT molecular complexity index is 721. The number of aromatic nitrogens is 3. The first kappa shape index (κ1) is 17.6. The number of hydrogen-bond donors (Lipinski definition) is 2. The molecular formula is C12H11BrF3N5OS. The quantitative estimate of drug-likeness (QED) is 0.598. The van der Waals surface area contributed by atoms with Crippen molar-refractivity contribution in [1.29, 1.82) is 0 Å². The zero-order chi connectivity index (χ0) is 17.2. The molecule has 23 heavy (non-hydrogen) atoms. The standard InChI is InChI=1S/C12H11BrF3N5OS/c1-6(9(22)18-8-4-2-3-7(13)5-8)23-11-20-19-10(21(11)17)12(14,15)16/h2-6H,17H2,1H3,(H,18,22). The molecule has 124 valence electrons. The van der Waals surface area contributed by atoms with Gasteiger partial charge in [0, 0.05) is 10.2 Å². The van der Waals surface area contributed by atoms with Gasteiger partial charge in [-0.3, -0.25) is 4.79 Å². The molecule has 6 nitrogen and oxygen atoms in total. The lowest BCUT2D eigenvalue weighted by Crippen LogP contribution is -2.25. The molecule has 0 aliphatic carbocycles. The summed E-state index contributed by atoms with van der Waals surface area (Å²) in [6.45, 7) is 1.53. The molecular weight excluding hydrogens is 399 g/mol. The van der Waals surface area contributed by atoms with E-state index in [-0.39, 0.29) is 5.16 Å². The third-order valence-corrected chi connectivity index (χ3v) is 4.21. The van der Waals surface area contributed by atoms with Crippen LogP contribution in [0.5, 0.6) is 0 Å². The molecule has 0 fully saturated rings. The van der Waals surface area contributed by atoms with Crippen LogP contribution in [0.3, 0.4) is 0 Å². The van der Waals surface area contributed by atoms with Crippen LogP contribution in [0, 0.1) is 0 Å². The van der Waals surface area contributed by atoms with E-state index in [9.17, 15) is 18.0 Å². The van der Waals surface area contributed by atoms with E-state index in [4.69, 9.17) is 5.84 Å². The number of benzene rings is 1. The Morgan fingerprint density at radius 2 is 2.13 bits per heavy atom. The maximum atomic E-state index is 12.6. The summed E-state index contributed by atoms with van der Waals surface area (Å²) in [5.74, 6) is 3.60. The zero-order valence-electron chi connectivity index (χ0n) is 11.6. The molecule has 1 atom stereocenters. The SMILES string of the molecule is CC(Sc1nnc(C(F)(F)F)n1N)C(=O)Nc1cccc(Br)c1. The minimum Gasteiger partial charge on any atom is -0.335 e. The minimum atomic E-state index is -4.71. The van der Waals surface area contributed by atoms with Gasteiger partial charge in [0.15, 0.2) is 0 Å². The summed E-state index contributed by atoms with van der Waals surface area (Å²) >= 11 is 4.05. The van der Waals surface area contributed by atoms with E-state index in [2.05, 4.69) is 31.4 Å². The van der Waals surface area contributed by atoms with Crippen LogP contribution in [0.1, 0.15) is 12.7 Å². The Morgan fingerprint density at radius 3 is 2.70 bits per heavy atom. The number of amides is 1. The number of hydrogen-bond acceptors (Lipinski definition) is 5. The normalized spacial score (nSPS) is 12.9. The van der Waals surface area contributed by atoms with E-state index in [0.29, 0.717) is 10.4 Å². The number of halogens is 4. The maximum absolute atomic E-state index is 12.6. The number of nitrogens with zero attached hydrogens (tertiary/aromatic N) is 3. The molecule has 11 heteroatoms. The number of thioether (sulfide) groups is 1. The Balaban J connectivity index is 2.06. The molecule has 1 aromatic carbocycles. The fraction of sp³-hybridized carbons (Fsp3) is 0.250. The van der Waals surface area contributed by atoms with Crippen molar-refractivity contribution in [3.05, 3.63) is 34.6 Å². The molecule has 0 aliphatic heterocycles. The van der Waals surface area contributed by atoms with Gasteiger partial charge in [-0.15, -0.1) is 10.2 Å². The Kier molecular flexibility index (Phi) is 5.19. The number of nitrogens with one attached hydrogen (secondary N) is 1. The molecule has 1 aromatic heterocycles. The number of anilines is 1. The van der Waals surface area contributed by atoms with Crippen LogP contribution in [-0.4, -0.2) is 26.0 Å². The van der Waals surface area contributed by atoms with Crippen molar-refractivity contribution in [3.8, 4) is 0 Å². The number of alkyl halides is 3. The van der Waals surface area contributed by atoms with Gasteiger partial charge in [0.25, 0.3) is 5.82 Å². The maximum Gasteiger partial charge on any atom is 0.453 e. The summed E-state index contributed by atoms with van der Waals surface area (Å²) in [4.78, 5) is 12.1. The monoisotopic (exact) mass is 409 g/mol. The first-order chi connectivity index (χ1) is 10.7. The Morgan fingerprint density at radius 1 is 1.43 bits per heavy atom. The highest BCUT2D eigenvalue weighted by Gasteiger charge is 2.38. The van der Waals surface area contributed by atoms with Crippen LogP contribution >= 0.6 is 27.7 Å². The Hall–Kier alpha value is -1.75. The summed E-state index contributed by atoms with van der Waals surface area (Å²) in [7, 11) is 0. The average Bonchev–Trinajstić information content (AvgIpc) is 2.80. The first-order valence-corrected chi connectivity index (χ1v) is 7.86. The fourth-order valence-corrected chi connectivity index (χ4v) is 2.74. The van der Waals surface area contributed by atoms with Gasteiger partial charge in [-0.25, -0.2) is 4.68 Å². The van der Waals surface area contributed by atoms with E-state index < -0.39 is 23.2 Å². The highest BCUT2D eigenvalue weighted by Crippen LogP contribution is 2.30. The van der Waals surface area contributed by atoms with Gasteiger partial charge in [-0.2, -0.15) is 13.2 Å². The van der Waals surface area contributed by atoms with Crippen molar-refractivity contribution in [2.24, 2.45) is 0 Å². The van der Waals surface area contributed by atoms with Crippen molar-refractivity contribution in [2.75, 3.05) is 11.2 Å². The molecule has 0 bridgehead atoms. The first-order valence-electron chi connectivity index (χ1n) is 6.19. The summed E-state index contributed by atoms with van der Waals surface area (Å²) < 4.78 is 38.9. The predicted octanol–water partition coefficient (Wildman–Crippen LogP) is 2.89. The van der Waals surface area contributed by atoms with E-state index in [0.717, 1.165) is 16.2 Å². The van der Waals surface area contributed by atoms with E-state index in [1.165, 1.54) is 6.92 Å². The summed E-state index contributed by atoms with van der Waals surface area (Å²) in [6, 6.07) is 6.92. The van der Waals surface area contributed by atoms with Gasteiger partial charge in [0.1, 0.15) is 0 Å². The van der Waals surface area contributed by atoms with Gasteiger partial charge >= 0.3 is 6.18 Å². The van der Waals surface area contributed by atoms with Crippen molar-refractivity contribution >= 4 is 39.3 Å². The highest BCUT2D eigenvalue weighted by molar-refractivity contribution is 9.10. The van der Waals surface area contributed by atoms with Gasteiger partial charge < -0.3 is 11.2 Å². The predicted molar refractivity (Wildman–Crippen MR) is 83.3 cm³/mol. The van der Waals surface area contributed by atoms with Crippen LogP contribution in [-0.2, 0) is 11.0 Å². The minimum absolute atomic E-state index is 0.200. The second-order valence-electron chi connectivity index (χ2n) is 4.43. The van der Waals surface area contributed by atoms with Gasteiger partial charge in [0.05, 0.1) is 5.25 Å². The highest BCUT2D eigenvalue weighted by atomic mass is 79.9. The fourth-order valence-electron chi connectivity index (χ4n) is 1.57. The zero-order valence-corrected chi connectivity index (χ0v) is 14.0.